The van der Waals surface area contributed by atoms with Gasteiger partial charge < -0.3 is 4.98 Å². The third-order valence-electron chi connectivity index (χ3n) is 1.83. The molecular weight excluding hydrogens is 182 g/mol. The van der Waals surface area contributed by atoms with Gasteiger partial charge in [0.25, 0.3) is 0 Å². The van der Waals surface area contributed by atoms with Gasteiger partial charge in [-0.2, -0.15) is 0 Å². The highest BCUT2D eigenvalue weighted by atomic mass is 32.1. The van der Waals surface area contributed by atoms with Crippen LogP contribution in [0.2, 0.25) is 0 Å². The predicted molar refractivity (Wildman–Crippen MR) is 55.1 cm³/mol. The topological polar surface area (TPSA) is 32.9 Å². The molecule has 3 heteroatoms. The first-order chi connectivity index (χ1) is 6.25. The Morgan fingerprint density at radius 3 is 2.85 bits per heavy atom. The average molecular weight is 191 g/mol. The molecule has 2 rings (SSSR count). The van der Waals surface area contributed by atoms with Crippen molar-refractivity contribution in [2.24, 2.45) is 0 Å². The molecule has 2 nitrogen and oxygen atoms in total. The van der Waals surface area contributed by atoms with Gasteiger partial charge in [-0.25, -0.2) is 0 Å². The number of aryl methyl sites for hydroxylation is 1. The van der Waals surface area contributed by atoms with Crippen LogP contribution in [0, 0.1) is 6.92 Å². The normalized spacial score (nSPS) is 10.2. The molecule has 0 aliphatic carbocycles. The smallest absolute Gasteiger partial charge is 0.305 e. The Hall–Kier alpha value is -1.35. The summed E-state index contributed by atoms with van der Waals surface area (Å²) in [6, 6.07) is 8.11. The zero-order valence-electron chi connectivity index (χ0n) is 7.20. The number of benzene rings is 1. The van der Waals surface area contributed by atoms with Crippen molar-refractivity contribution in [1.29, 1.82) is 0 Å². The van der Waals surface area contributed by atoms with E-state index in [9.17, 15) is 4.79 Å². The molecule has 0 unspecified atom stereocenters. The van der Waals surface area contributed by atoms with Gasteiger partial charge in [-0.3, -0.25) is 4.79 Å². The van der Waals surface area contributed by atoms with Crippen LogP contribution < -0.4 is 4.87 Å². The number of rotatable bonds is 1. The summed E-state index contributed by atoms with van der Waals surface area (Å²) < 4.78 is 0. The number of H-pyrrole nitrogens is 1. The van der Waals surface area contributed by atoms with Gasteiger partial charge in [0.2, 0.25) is 0 Å². The van der Waals surface area contributed by atoms with Crippen molar-refractivity contribution >= 4 is 11.3 Å². The van der Waals surface area contributed by atoms with Crippen molar-refractivity contribution < 1.29 is 0 Å². The lowest BCUT2D eigenvalue weighted by Gasteiger charge is -1.96. The summed E-state index contributed by atoms with van der Waals surface area (Å²) in [5, 5.41) is 0. The third-order valence-corrected chi connectivity index (χ3v) is 2.70. The molecule has 1 heterocycles. The molecule has 0 spiro atoms. The van der Waals surface area contributed by atoms with Crippen molar-refractivity contribution in [3.8, 4) is 10.4 Å². The zero-order chi connectivity index (χ0) is 9.26. The molecule has 0 bridgehead atoms. The number of aromatic amines is 1. The Labute approximate surface area is 79.9 Å². The van der Waals surface area contributed by atoms with Gasteiger partial charge in [0.15, 0.2) is 0 Å². The van der Waals surface area contributed by atoms with Crippen LogP contribution in [0.5, 0.6) is 0 Å². The van der Waals surface area contributed by atoms with Crippen molar-refractivity contribution in [2.75, 3.05) is 0 Å². The average Bonchev–Trinajstić information content (AvgIpc) is 2.52. The van der Waals surface area contributed by atoms with Crippen LogP contribution in [0.4, 0.5) is 0 Å². The molecule has 2 aromatic rings. The van der Waals surface area contributed by atoms with Crippen LogP contribution in [0.15, 0.2) is 35.3 Å². The largest absolute Gasteiger partial charge is 0.319 e. The Morgan fingerprint density at radius 1 is 1.38 bits per heavy atom. The lowest BCUT2D eigenvalue weighted by atomic mass is 10.1. The summed E-state index contributed by atoms with van der Waals surface area (Å²) in [5.74, 6) is 0. The van der Waals surface area contributed by atoms with Gasteiger partial charge in [0.1, 0.15) is 0 Å². The van der Waals surface area contributed by atoms with Crippen LogP contribution in [-0.2, 0) is 0 Å². The Bertz CT molecular complexity index is 470. The maximum absolute atomic E-state index is 10.9. The zero-order valence-corrected chi connectivity index (χ0v) is 8.02. The number of aromatic nitrogens is 1. The maximum atomic E-state index is 10.9. The summed E-state index contributed by atoms with van der Waals surface area (Å²) in [6.07, 6.45) is 1.75. The molecule has 0 aliphatic rings. The van der Waals surface area contributed by atoms with Gasteiger partial charge in [-0.1, -0.05) is 41.2 Å². The fourth-order valence-electron chi connectivity index (χ4n) is 1.22. The molecule has 1 aromatic carbocycles. The molecule has 1 N–H and O–H groups in total. The summed E-state index contributed by atoms with van der Waals surface area (Å²) in [7, 11) is 0. The lowest BCUT2D eigenvalue weighted by molar-refractivity contribution is 1.34. The first-order valence-electron chi connectivity index (χ1n) is 4.01. The highest BCUT2D eigenvalue weighted by Crippen LogP contribution is 2.21. The molecule has 1 aromatic heterocycles. The van der Waals surface area contributed by atoms with E-state index in [-0.39, 0.29) is 4.87 Å². The molecule has 0 radical (unpaired) electrons. The first kappa shape index (κ1) is 8.26. The maximum Gasteiger partial charge on any atom is 0.305 e. The number of nitrogens with one attached hydrogen (secondary N) is 1. The minimum atomic E-state index is -0.00324. The summed E-state index contributed by atoms with van der Waals surface area (Å²) in [4.78, 5) is 14.6. The van der Waals surface area contributed by atoms with E-state index in [1.165, 1.54) is 16.9 Å². The van der Waals surface area contributed by atoms with E-state index in [2.05, 4.69) is 11.1 Å². The van der Waals surface area contributed by atoms with Gasteiger partial charge in [-0.15, -0.1) is 0 Å². The molecular formula is C10H9NOS. The van der Waals surface area contributed by atoms with E-state index < -0.39 is 0 Å². The second kappa shape index (κ2) is 3.18. The molecule has 13 heavy (non-hydrogen) atoms. The lowest BCUT2D eigenvalue weighted by Crippen LogP contribution is -1.88. The fraction of sp³-hybridized carbons (Fsp3) is 0.100. The Balaban J connectivity index is 2.52. The van der Waals surface area contributed by atoms with Gasteiger partial charge in [0, 0.05) is 6.20 Å². The number of hydrogen-bond acceptors (Lipinski definition) is 2. The Kier molecular flexibility index (Phi) is 2.02. The first-order valence-corrected chi connectivity index (χ1v) is 4.83. The van der Waals surface area contributed by atoms with Gasteiger partial charge in [0.05, 0.1) is 4.88 Å². The van der Waals surface area contributed by atoms with Crippen LogP contribution >= 0.6 is 11.3 Å². The highest BCUT2D eigenvalue weighted by Gasteiger charge is 1.99. The predicted octanol–water partition coefficient (Wildman–Crippen LogP) is 2.41. The highest BCUT2D eigenvalue weighted by molar-refractivity contribution is 7.12. The summed E-state index contributed by atoms with van der Waals surface area (Å²) in [5.41, 5.74) is 2.31. The minimum absolute atomic E-state index is 0.00324. The summed E-state index contributed by atoms with van der Waals surface area (Å²) >= 11 is 1.24. The van der Waals surface area contributed by atoms with Crippen molar-refractivity contribution in [3.05, 3.63) is 45.7 Å². The third kappa shape index (κ3) is 1.70. The van der Waals surface area contributed by atoms with Crippen LogP contribution in [-0.4, -0.2) is 4.98 Å². The summed E-state index contributed by atoms with van der Waals surface area (Å²) in [6.45, 7) is 2.04. The Morgan fingerprint density at radius 2 is 2.23 bits per heavy atom. The van der Waals surface area contributed by atoms with E-state index in [1.807, 2.05) is 25.1 Å². The van der Waals surface area contributed by atoms with Crippen LogP contribution in [0.25, 0.3) is 10.4 Å². The molecule has 0 saturated carbocycles. The van der Waals surface area contributed by atoms with E-state index in [4.69, 9.17) is 0 Å². The van der Waals surface area contributed by atoms with Crippen molar-refractivity contribution in [2.45, 2.75) is 6.92 Å². The monoisotopic (exact) mass is 191 g/mol. The van der Waals surface area contributed by atoms with Gasteiger partial charge >= 0.3 is 4.87 Å². The molecule has 0 atom stereocenters. The van der Waals surface area contributed by atoms with E-state index >= 15 is 0 Å². The number of thiazole rings is 1. The molecule has 0 aliphatic heterocycles. The fourth-order valence-corrected chi connectivity index (χ4v) is 1.90. The molecule has 0 fully saturated rings. The molecule has 0 amide bonds. The van der Waals surface area contributed by atoms with Crippen LogP contribution in [0.1, 0.15) is 5.56 Å². The SMILES string of the molecule is Cc1cccc(-c2c[nH]c(=O)s2)c1. The molecule has 66 valence electrons. The quantitative estimate of drug-likeness (QED) is 0.737. The van der Waals surface area contributed by atoms with E-state index in [0.717, 1.165) is 10.4 Å². The second-order valence-corrected chi connectivity index (χ2v) is 3.93. The van der Waals surface area contributed by atoms with Gasteiger partial charge in [-0.05, 0) is 12.5 Å². The molecule has 0 saturated heterocycles. The minimum Gasteiger partial charge on any atom is -0.319 e. The van der Waals surface area contributed by atoms with Crippen LogP contribution in [0.3, 0.4) is 0 Å². The van der Waals surface area contributed by atoms with Crippen molar-refractivity contribution in [1.82, 2.24) is 4.98 Å². The second-order valence-electron chi connectivity index (χ2n) is 2.91. The standard InChI is InChI=1S/C10H9NOS/c1-7-3-2-4-8(5-7)9-6-11-10(12)13-9/h2-6H,1H3,(H,11,12). The van der Waals surface area contributed by atoms with E-state index in [0.29, 0.717) is 0 Å². The van der Waals surface area contributed by atoms with E-state index in [1.54, 1.807) is 6.20 Å². The number of hydrogen-bond donors (Lipinski definition) is 1. The van der Waals surface area contributed by atoms with Crippen molar-refractivity contribution in [3.63, 3.8) is 0 Å².